The van der Waals surface area contributed by atoms with Crippen molar-refractivity contribution in [2.24, 2.45) is 11.0 Å². The number of para-hydroxylation sites is 1. The number of hydrogen-bond acceptors (Lipinski definition) is 2. The molecule has 1 heterocycles. The van der Waals surface area contributed by atoms with Crippen LogP contribution in [0.1, 0.15) is 13.8 Å². The first-order valence-electron chi connectivity index (χ1n) is 5.34. The van der Waals surface area contributed by atoms with Crippen LogP contribution in [0.2, 0.25) is 0 Å². The number of aromatic nitrogens is 1. The third-order valence-electron chi connectivity index (χ3n) is 2.26. The number of benzene rings is 1. The minimum atomic E-state index is -0.101. The molecule has 0 fully saturated rings. The van der Waals surface area contributed by atoms with E-state index >= 15 is 0 Å². The first kappa shape index (κ1) is 10.6. The Morgan fingerprint density at radius 1 is 1.19 bits per heavy atom. The van der Waals surface area contributed by atoms with Gasteiger partial charge in [0.2, 0.25) is 0 Å². The smallest absolute Gasteiger partial charge is 0.267 e. The van der Waals surface area contributed by atoms with Crippen LogP contribution in [0.15, 0.2) is 46.3 Å². The normalized spacial score (nSPS) is 11.7. The van der Waals surface area contributed by atoms with E-state index in [4.69, 9.17) is 0 Å². The van der Waals surface area contributed by atoms with Gasteiger partial charge in [0.05, 0.1) is 5.52 Å². The predicted molar refractivity (Wildman–Crippen MR) is 66.9 cm³/mol. The summed E-state index contributed by atoms with van der Waals surface area (Å²) in [7, 11) is 0. The Balaban J connectivity index is 2.66. The number of fused-ring (bicyclic) bond motifs is 1. The third kappa shape index (κ3) is 2.03. The molecule has 1 aromatic heterocycles. The first-order chi connectivity index (χ1) is 7.68. The lowest BCUT2D eigenvalue weighted by Gasteiger charge is -2.04. The second-order valence-corrected chi connectivity index (χ2v) is 4.05. The van der Waals surface area contributed by atoms with Crippen molar-refractivity contribution in [3.8, 4) is 0 Å². The molecule has 1 aromatic carbocycles. The number of rotatable bonds is 2. The fraction of sp³-hybridized carbons (Fsp3) is 0.231. The summed E-state index contributed by atoms with van der Waals surface area (Å²) in [5.74, 6) is 0.325. The summed E-state index contributed by atoms with van der Waals surface area (Å²) in [5.41, 5.74) is 0.738. The molecule has 0 atom stereocenters. The monoisotopic (exact) mass is 214 g/mol. The van der Waals surface area contributed by atoms with Gasteiger partial charge in [0, 0.05) is 17.7 Å². The van der Waals surface area contributed by atoms with Crippen LogP contribution in [0, 0.1) is 5.92 Å². The molecule has 0 aliphatic heterocycles. The van der Waals surface area contributed by atoms with E-state index in [2.05, 4.69) is 5.10 Å². The van der Waals surface area contributed by atoms with E-state index in [1.54, 1.807) is 12.3 Å². The highest BCUT2D eigenvalue weighted by Crippen LogP contribution is 2.10. The molecule has 0 saturated carbocycles. The van der Waals surface area contributed by atoms with Crippen LogP contribution in [0.5, 0.6) is 0 Å². The minimum Gasteiger partial charge on any atom is -0.267 e. The van der Waals surface area contributed by atoms with E-state index < -0.39 is 0 Å². The Kier molecular flexibility index (Phi) is 2.86. The molecule has 2 rings (SSSR count). The molecular weight excluding hydrogens is 200 g/mol. The summed E-state index contributed by atoms with van der Waals surface area (Å²) < 4.78 is 1.44. The van der Waals surface area contributed by atoms with Crippen LogP contribution in [0.3, 0.4) is 0 Å². The Morgan fingerprint density at radius 2 is 1.94 bits per heavy atom. The van der Waals surface area contributed by atoms with Crippen LogP contribution < -0.4 is 5.56 Å². The molecule has 82 valence electrons. The molecule has 0 bridgehead atoms. The zero-order valence-electron chi connectivity index (χ0n) is 9.42. The standard InChI is InChI=1S/C13H14N2O/c1-10(2)9-14-15-12-6-4-3-5-11(12)7-8-13(15)16/h3-10H,1-2H3. The summed E-state index contributed by atoms with van der Waals surface area (Å²) in [6.45, 7) is 4.05. The van der Waals surface area contributed by atoms with Gasteiger partial charge in [0.1, 0.15) is 0 Å². The molecule has 0 aliphatic carbocycles. The summed E-state index contributed by atoms with van der Waals surface area (Å²) >= 11 is 0. The highest BCUT2D eigenvalue weighted by atomic mass is 16.1. The topological polar surface area (TPSA) is 34.4 Å². The fourth-order valence-electron chi connectivity index (χ4n) is 1.49. The molecular formula is C13H14N2O. The van der Waals surface area contributed by atoms with Gasteiger partial charge < -0.3 is 0 Å². The SMILES string of the molecule is CC(C)C=Nn1c(=O)ccc2ccccc21. The largest absolute Gasteiger partial charge is 0.271 e. The van der Waals surface area contributed by atoms with Crippen molar-refractivity contribution >= 4 is 17.1 Å². The van der Waals surface area contributed by atoms with Gasteiger partial charge in [-0.15, -0.1) is 0 Å². The van der Waals surface area contributed by atoms with Crippen molar-refractivity contribution in [3.05, 3.63) is 46.8 Å². The van der Waals surface area contributed by atoms with E-state index in [0.717, 1.165) is 10.9 Å². The molecule has 3 nitrogen and oxygen atoms in total. The average molecular weight is 214 g/mol. The van der Waals surface area contributed by atoms with E-state index in [0.29, 0.717) is 5.92 Å². The third-order valence-corrected chi connectivity index (χ3v) is 2.26. The molecule has 3 heteroatoms. The summed E-state index contributed by atoms with van der Waals surface area (Å²) in [4.78, 5) is 11.7. The highest BCUT2D eigenvalue weighted by Gasteiger charge is 1.99. The molecule has 0 aliphatic rings. The molecule has 2 aromatic rings. The molecule has 0 radical (unpaired) electrons. The maximum absolute atomic E-state index is 11.7. The maximum Gasteiger partial charge on any atom is 0.271 e. The Labute approximate surface area is 94.0 Å². The van der Waals surface area contributed by atoms with E-state index in [1.165, 1.54) is 4.68 Å². The van der Waals surface area contributed by atoms with Crippen molar-refractivity contribution in [2.45, 2.75) is 13.8 Å². The van der Waals surface area contributed by atoms with Gasteiger partial charge in [0.15, 0.2) is 0 Å². The lowest BCUT2D eigenvalue weighted by molar-refractivity contribution is 0.832. The average Bonchev–Trinajstić information content (AvgIpc) is 2.27. The molecule has 16 heavy (non-hydrogen) atoms. The van der Waals surface area contributed by atoms with Gasteiger partial charge in [-0.05, 0) is 18.1 Å². The van der Waals surface area contributed by atoms with Crippen molar-refractivity contribution in [1.82, 2.24) is 4.68 Å². The van der Waals surface area contributed by atoms with Crippen molar-refractivity contribution in [2.75, 3.05) is 0 Å². The quantitative estimate of drug-likeness (QED) is 0.707. The molecule has 0 unspecified atom stereocenters. The van der Waals surface area contributed by atoms with Crippen molar-refractivity contribution in [3.63, 3.8) is 0 Å². The van der Waals surface area contributed by atoms with E-state index in [-0.39, 0.29) is 5.56 Å². The van der Waals surface area contributed by atoms with Gasteiger partial charge in [0.25, 0.3) is 5.56 Å². The van der Waals surface area contributed by atoms with Gasteiger partial charge in [-0.3, -0.25) is 4.79 Å². The van der Waals surface area contributed by atoms with E-state index in [1.807, 2.05) is 44.2 Å². The van der Waals surface area contributed by atoms with Crippen LogP contribution in [-0.2, 0) is 0 Å². The first-order valence-corrected chi connectivity index (χ1v) is 5.34. The van der Waals surface area contributed by atoms with Crippen LogP contribution in [-0.4, -0.2) is 10.9 Å². The zero-order chi connectivity index (χ0) is 11.5. The van der Waals surface area contributed by atoms with Crippen molar-refractivity contribution < 1.29 is 0 Å². The molecule has 0 N–H and O–H groups in total. The zero-order valence-corrected chi connectivity index (χ0v) is 9.42. The molecule has 0 saturated heterocycles. The Morgan fingerprint density at radius 3 is 2.69 bits per heavy atom. The Bertz CT molecular complexity index is 582. The second kappa shape index (κ2) is 4.31. The Hall–Kier alpha value is -1.90. The van der Waals surface area contributed by atoms with E-state index in [9.17, 15) is 4.79 Å². The lowest BCUT2D eigenvalue weighted by Crippen LogP contribution is -2.15. The highest BCUT2D eigenvalue weighted by molar-refractivity contribution is 5.79. The summed E-state index contributed by atoms with van der Waals surface area (Å²) in [5, 5.41) is 5.23. The maximum atomic E-state index is 11.7. The van der Waals surface area contributed by atoms with Crippen LogP contribution >= 0.6 is 0 Å². The van der Waals surface area contributed by atoms with Gasteiger partial charge >= 0.3 is 0 Å². The predicted octanol–water partition coefficient (Wildman–Crippen LogP) is 2.49. The second-order valence-electron chi connectivity index (χ2n) is 4.05. The number of hydrogen-bond donors (Lipinski definition) is 0. The fourth-order valence-corrected chi connectivity index (χ4v) is 1.49. The van der Waals surface area contributed by atoms with Crippen molar-refractivity contribution in [1.29, 1.82) is 0 Å². The van der Waals surface area contributed by atoms with Gasteiger partial charge in [-0.1, -0.05) is 32.0 Å². The van der Waals surface area contributed by atoms with Crippen LogP contribution in [0.25, 0.3) is 10.9 Å². The lowest BCUT2D eigenvalue weighted by atomic mass is 10.2. The minimum absolute atomic E-state index is 0.101. The number of nitrogens with zero attached hydrogens (tertiary/aromatic N) is 2. The summed E-state index contributed by atoms with van der Waals surface area (Å²) in [6.07, 6.45) is 1.77. The van der Waals surface area contributed by atoms with Crippen LogP contribution in [0.4, 0.5) is 0 Å². The number of pyridine rings is 1. The molecule has 0 spiro atoms. The molecule has 0 amide bonds. The van der Waals surface area contributed by atoms with Gasteiger partial charge in [-0.2, -0.15) is 9.78 Å². The summed E-state index contributed by atoms with van der Waals surface area (Å²) in [6, 6.07) is 11.1. The van der Waals surface area contributed by atoms with Gasteiger partial charge in [-0.25, -0.2) is 0 Å².